The van der Waals surface area contributed by atoms with E-state index in [1.54, 1.807) is 0 Å². The Bertz CT molecular complexity index is 522. The summed E-state index contributed by atoms with van der Waals surface area (Å²) < 4.78 is 0. The standard InChI is InChI=1S/C15H17NO3/c1-10-7-13(10)15(19)16-9-12-4-2-3-11(8-12)5-6-14(17)18/h2-6,8,10,13H,7,9H2,1H3,(H,16,19)(H,17,18)/b6-5+. The van der Waals surface area contributed by atoms with Crippen molar-refractivity contribution in [1.29, 1.82) is 0 Å². The molecule has 1 fully saturated rings. The molecule has 0 radical (unpaired) electrons. The van der Waals surface area contributed by atoms with Crippen LogP contribution in [0.25, 0.3) is 6.08 Å². The summed E-state index contributed by atoms with van der Waals surface area (Å²) in [6, 6.07) is 7.46. The van der Waals surface area contributed by atoms with Gasteiger partial charge in [-0.05, 0) is 35.6 Å². The highest BCUT2D eigenvalue weighted by Gasteiger charge is 2.38. The van der Waals surface area contributed by atoms with Gasteiger partial charge in [-0.15, -0.1) is 0 Å². The Morgan fingerprint density at radius 1 is 1.47 bits per heavy atom. The van der Waals surface area contributed by atoms with Crippen LogP contribution in [0, 0.1) is 11.8 Å². The van der Waals surface area contributed by atoms with Crippen molar-refractivity contribution in [2.45, 2.75) is 19.9 Å². The number of rotatable bonds is 5. The van der Waals surface area contributed by atoms with E-state index >= 15 is 0 Å². The fourth-order valence-corrected chi connectivity index (χ4v) is 1.98. The molecule has 2 rings (SSSR count). The first kappa shape index (κ1) is 13.3. The van der Waals surface area contributed by atoms with Crippen molar-refractivity contribution in [1.82, 2.24) is 5.32 Å². The fourth-order valence-electron chi connectivity index (χ4n) is 1.98. The number of carboxylic acids is 1. The van der Waals surface area contributed by atoms with Crippen LogP contribution in [0.3, 0.4) is 0 Å². The number of nitrogens with one attached hydrogen (secondary N) is 1. The molecule has 0 saturated heterocycles. The first-order valence-electron chi connectivity index (χ1n) is 6.34. The Morgan fingerprint density at radius 2 is 2.21 bits per heavy atom. The van der Waals surface area contributed by atoms with Crippen LogP contribution in [0.5, 0.6) is 0 Å². The molecule has 4 heteroatoms. The zero-order chi connectivity index (χ0) is 13.8. The molecule has 0 bridgehead atoms. The average molecular weight is 259 g/mol. The minimum absolute atomic E-state index is 0.110. The monoisotopic (exact) mass is 259 g/mol. The Labute approximate surface area is 112 Å². The van der Waals surface area contributed by atoms with Crippen molar-refractivity contribution in [2.24, 2.45) is 11.8 Å². The molecule has 100 valence electrons. The summed E-state index contributed by atoms with van der Waals surface area (Å²) in [5.41, 5.74) is 1.78. The van der Waals surface area contributed by atoms with Gasteiger partial charge in [0.2, 0.25) is 5.91 Å². The summed E-state index contributed by atoms with van der Waals surface area (Å²) in [7, 11) is 0. The highest BCUT2D eigenvalue weighted by Crippen LogP contribution is 2.37. The third kappa shape index (κ3) is 3.95. The van der Waals surface area contributed by atoms with E-state index in [4.69, 9.17) is 5.11 Å². The number of amides is 1. The lowest BCUT2D eigenvalue weighted by atomic mass is 10.1. The van der Waals surface area contributed by atoms with E-state index < -0.39 is 5.97 Å². The highest BCUT2D eigenvalue weighted by atomic mass is 16.4. The van der Waals surface area contributed by atoms with Gasteiger partial charge in [0.15, 0.2) is 0 Å². The lowest BCUT2D eigenvalue weighted by Crippen LogP contribution is -2.24. The highest BCUT2D eigenvalue weighted by molar-refractivity contribution is 5.85. The van der Waals surface area contributed by atoms with Gasteiger partial charge in [0.1, 0.15) is 0 Å². The predicted molar refractivity (Wildman–Crippen MR) is 72.2 cm³/mol. The number of aliphatic carboxylic acids is 1. The van der Waals surface area contributed by atoms with E-state index in [0.717, 1.165) is 23.6 Å². The van der Waals surface area contributed by atoms with E-state index in [2.05, 4.69) is 12.2 Å². The molecule has 2 N–H and O–H groups in total. The Balaban J connectivity index is 1.91. The lowest BCUT2D eigenvalue weighted by molar-refractivity contribution is -0.131. The van der Waals surface area contributed by atoms with Crippen LogP contribution in [-0.4, -0.2) is 17.0 Å². The maximum atomic E-state index is 11.7. The van der Waals surface area contributed by atoms with Crippen LogP contribution >= 0.6 is 0 Å². The summed E-state index contributed by atoms with van der Waals surface area (Å²) in [5.74, 6) is -0.180. The number of benzene rings is 1. The van der Waals surface area contributed by atoms with Crippen LogP contribution < -0.4 is 5.32 Å². The molecule has 2 unspecified atom stereocenters. The van der Waals surface area contributed by atoms with Crippen molar-refractivity contribution >= 4 is 18.0 Å². The summed E-state index contributed by atoms with van der Waals surface area (Å²) in [6.07, 6.45) is 3.62. The summed E-state index contributed by atoms with van der Waals surface area (Å²) in [5, 5.41) is 11.5. The average Bonchev–Trinajstić information content (AvgIpc) is 3.11. The summed E-state index contributed by atoms with van der Waals surface area (Å²) in [6.45, 7) is 2.55. The van der Waals surface area contributed by atoms with Crippen molar-refractivity contribution in [2.75, 3.05) is 0 Å². The quantitative estimate of drug-likeness (QED) is 0.795. The number of hydrogen-bond donors (Lipinski definition) is 2. The summed E-state index contributed by atoms with van der Waals surface area (Å²) in [4.78, 5) is 22.1. The minimum Gasteiger partial charge on any atom is -0.478 e. The maximum Gasteiger partial charge on any atom is 0.328 e. The second kappa shape index (κ2) is 5.69. The smallest absolute Gasteiger partial charge is 0.328 e. The Hall–Kier alpha value is -2.10. The zero-order valence-electron chi connectivity index (χ0n) is 10.8. The van der Waals surface area contributed by atoms with E-state index in [0.29, 0.717) is 12.5 Å². The molecule has 1 saturated carbocycles. The molecule has 1 aliphatic rings. The van der Waals surface area contributed by atoms with Crippen molar-refractivity contribution in [3.63, 3.8) is 0 Å². The molecular weight excluding hydrogens is 242 g/mol. The molecule has 1 aliphatic carbocycles. The second-order valence-corrected chi connectivity index (χ2v) is 4.95. The third-order valence-electron chi connectivity index (χ3n) is 3.28. The SMILES string of the molecule is CC1CC1C(=O)NCc1cccc(/C=C/C(=O)O)c1. The molecule has 0 spiro atoms. The molecule has 2 atom stereocenters. The van der Waals surface area contributed by atoms with Crippen LogP contribution in [0.1, 0.15) is 24.5 Å². The molecule has 0 aliphatic heterocycles. The van der Waals surface area contributed by atoms with Gasteiger partial charge in [-0.2, -0.15) is 0 Å². The molecule has 1 aromatic rings. The fraction of sp³-hybridized carbons (Fsp3) is 0.333. The number of carboxylic acid groups (broad SMARTS) is 1. The summed E-state index contributed by atoms with van der Waals surface area (Å²) >= 11 is 0. The van der Waals surface area contributed by atoms with E-state index in [9.17, 15) is 9.59 Å². The van der Waals surface area contributed by atoms with Crippen molar-refractivity contribution in [3.8, 4) is 0 Å². The van der Waals surface area contributed by atoms with Gasteiger partial charge in [0.05, 0.1) is 0 Å². The lowest BCUT2D eigenvalue weighted by Gasteiger charge is -2.05. The number of hydrogen-bond acceptors (Lipinski definition) is 2. The van der Waals surface area contributed by atoms with Gasteiger partial charge in [0, 0.05) is 18.5 Å². The van der Waals surface area contributed by atoms with Crippen LogP contribution in [0.15, 0.2) is 30.3 Å². The normalized spacial score (nSPS) is 21.3. The Kier molecular flexibility index (Phi) is 4.00. The van der Waals surface area contributed by atoms with Crippen LogP contribution in [0.2, 0.25) is 0 Å². The number of carbonyl (C=O) groups excluding carboxylic acids is 1. The van der Waals surface area contributed by atoms with E-state index in [1.807, 2.05) is 24.3 Å². The molecule has 0 heterocycles. The molecule has 1 aromatic carbocycles. The number of carbonyl (C=O) groups is 2. The Morgan fingerprint density at radius 3 is 2.84 bits per heavy atom. The van der Waals surface area contributed by atoms with Gasteiger partial charge < -0.3 is 10.4 Å². The molecule has 0 aromatic heterocycles. The molecule has 19 heavy (non-hydrogen) atoms. The first-order valence-corrected chi connectivity index (χ1v) is 6.34. The second-order valence-electron chi connectivity index (χ2n) is 4.95. The van der Waals surface area contributed by atoms with E-state index in [1.165, 1.54) is 6.08 Å². The largest absolute Gasteiger partial charge is 0.478 e. The van der Waals surface area contributed by atoms with E-state index in [-0.39, 0.29) is 11.8 Å². The van der Waals surface area contributed by atoms with Crippen molar-refractivity contribution < 1.29 is 14.7 Å². The molecule has 1 amide bonds. The van der Waals surface area contributed by atoms with Gasteiger partial charge >= 0.3 is 5.97 Å². The zero-order valence-corrected chi connectivity index (χ0v) is 10.8. The predicted octanol–water partition coefficient (Wildman–Crippen LogP) is 2.06. The van der Waals surface area contributed by atoms with Gasteiger partial charge in [-0.25, -0.2) is 4.79 Å². The third-order valence-corrected chi connectivity index (χ3v) is 3.28. The van der Waals surface area contributed by atoms with Gasteiger partial charge in [0.25, 0.3) is 0 Å². The van der Waals surface area contributed by atoms with Crippen molar-refractivity contribution in [3.05, 3.63) is 41.5 Å². The molecular formula is C15H17NO3. The minimum atomic E-state index is -0.971. The molecule has 4 nitrogen and oxygen atoms in total. The van der Waals surface area contributed by atoms with Gasteiger partial charge in [-0.1, -0.05) is 25.1 Å². The topological polar surface area (TPSA) is 66.4 Å². The van der Waals surface area contributed by atoms with Crippen LogP contribution in [-0.2, 0) is 16.1 Å². The van der Waals surface area contributed by atoms with Gasteiger partial charge in [-0.3, -0.25) is 4.79 Å². The maximum absolute atomic E-state index is 11.7. The van der Waals surface area contributed by atoms with Crippen LogP contribution in [0.4, 0.5) is 0 Å². The first-order chi connectivity index (χ1) is 9.06.